The SMILES string of the molecule is CCN(C(=O)c1cc(F)ccc1Oc1cncnc1N1CC(CNCC2(O)CCC(NS(C)(=O)=O)CC2)C1)C(C)C. The highest BCUT2D eigenvalue weighted by atomic mass is 32.2. The third-order valence-corrected chi connectivity index (χ3v) is 8.48. The molecule has 2 aromatic rings. The zero-order valence-electron chi connectivity index (χ0n) is 24.1. The van der Waals surface area contributed by atoms with Crippen LogP contribution in [-0.4, -0.2) is 91.0 Å². The lowest BCUT2D eigenvalue weighted by molar-refractivity contribution is -0.00141. The van der Waals surface area contributed by atoms with Crippen LogP contribution in [0.5, 0.6) is 11.5 Å². The van der Waals surface area contributed by atoms with Crippen molar-refractivity contribution >= 4 is 21.7 Å². The molecule has 0 unspecified atom stereocenters. The Bertz CT molecular complexity index is 1310. The van der Waals surface area contributed by atoms with Gasteiger partial charge in [0.15, 0.2) is 11.6 Å². The molecular weight excluding hydrogens is 551 g/mol. The van der Waals surface area contributed by atoms with Crippen molar-refractivity contribution in [1.82, 2.24) is 24.9 Å². The van der Waals surface area contributed by atoms with Crippen molar-refractivity contribution in [3.63, 3.8) is 0 Å². The summed E-state index contributed by atoms with van der Waals surface area (Å²) in [6.45, 7) is 8.76. The Morgan fingerprint density at radius 2 is 1.98 bits per heavy atom. The van der Waals surface area contributed by atoms with Gasteiger partial charge in [0.05, 0.1) is 23.6 Å². The van der Waals surface area contributed by atoms with E-state index < -0.39 is 21.4 Å². The third kappa shape index (κ3) is 8.12. The summed E-state index contributed by atoms with van der Waals surface area (Å²) in [7, 11) is -3.25. The van der Waals surface area contributed by atoms with Gasteiger partial charge in [-0.05, 0) is 64.7 Å². The number of carbonyl (C=O) groups is 1. The van der Waals surface area contributed by atoms with Gasteiger partial charge in [0.25, 0.3) is 5.91 Å². The number of hydrogen-bond acceptors (Lipinski definition) is 9. The van der Waals surface area contributed by atoms with E-state index in [-0.39, 0.29) is 29.3 Å². The standard InChI is InChI=1S/C28H41FN6O5S/c1-5-35(19(2)3)27(36)23-12-21(29)6-7-24(23)40-25-14-31-18-32-26(25)34-15-20(16-34)13-30-17-28(37)10-8-22(9-11-28)33-41(4,38)39/h6-7,12,14,18-20,22,30,33,37H,5,8-11,13,15-17H2,1-4H3. The van der Waals surface area contributed by atoms with Crippen molar-refractivity contribution in [3.8, 4) is 11.5 Å². The van der Waals surface area contributed by atoms with Crippen molar-refractivity contribution in [1.29, 1.82) is 0 Å². The van der Waals surface area contributed by atoms with E-state index in [1.165, 1.54) is 30.7 Å². The van der Waals surface area contributed by atoms with Crippen molar-refractivity contribution in [2.75, 3.05) is 43.9 Å². The number of aliphatic hydroxyl groups is 1. The van der Waals surface area contributed by atoms with Crippen LogP contribution in [0.3, 0.4) is 0 Å². The van der Waals surface area contributed by atoms with E-state index in [4.69, 9.17) is 4.74 Å². The summed E-state index contributed by atoms with van der Waals surface area (Å²) in [5.41, 5.74) is -0.708. The minimum absolute atomic E-state index is 0.0569. The minimum Gasteiger partial charge on any atom is -0.451 e. The Kier molecular flexibility index (Phi) is 9.83. The quantitative estimate of drug-likeness (QED) is 0.340. The van der Waals surface area contributed by atoms with Crippen LogP contribution in [0.4, 0.5) is 10.2 Å². The molecular formula is C28H41FN6O5S. The van der Waals surface area contributed by atoms with Gasteiger partial charge in [0.1, 0.15) is 17.9 Å². The second-order valence-corrected chi connectivity index (χ2v) is 13.2. The van der Waals surface area contributed by atoms with Crippen LogP contribution in [0.1, 0.15) is 56.8 Å². The number of ether oxygens (including phenoxy) is 1. The molecule has 1 aliphatic carbocycles. The Morgan fingerprint density at radius 3 is 2.61 bits per heavy atom. The van der Waals surface area contributed by atoms with Crippen LogP contribution in [0.25, 0.3) is 0 Å². The summed E-state index contributed by atoms with van der Waals surface area (Å²) in [6, 6.07) is 3.72. The number of nitrogens with one attached hydrogen (secondary N) is 2. The molecule has 13 heteroatoms. The highest BCUT2D eigenvalue weighted by Gasteiger charge is 2.35. The number of benzene rings is 1. The van der Waals surface area contributed by atoms with Gasteiger partial charge in [-0.25, -0.2) is 27.5 Å². The Labute approximate surface area is 241 Å². The molecule has 2 heterocycles. The maximum atomic E-state index is 14.1. The van der Waals surface area contributed by atoms with Crippen molar-refractivity contribution < 1.29 is 27.4 Å². The molecule has 1 saturated carbocycles. The van der Waals surface area contributed by atoms with Crippen molar-refractivity contribution in [3.05, 3.63) is 42.1 Å². The smallest absolute Gasteiger partial charge is 0.257 e. The molecule has 1 aromatic heterocycles. The molecule has 1 aliphatic heterocycles. The molecule has 41 heavy (non-hydrogen) atoms. The number of amides is 1. The van der Waals surface area contributed by atoms with Crippen LogP contribution < -0.4 is 19.7 Å². The largest absolute Gasteiger partial charge is 0.451 e. The summed E-state index contributed by atoms with van der Waals surface area (Å²) in [5.74, 6) is 0.696. The molecule has 0 spiro atoms. The van der Waals surface area contributed by atoms with Gasteiger partial charge in [-0.15, -0.1) is 0 Å². The molecule has 2 fully saturated rings. The number of carbonyl (C=O) groups excluding carboxylic acids is 1. The normalized spacial score (nSPS) is 21.5. The third-order valence-electron chi connectivity index (χ3n) is 7.72. The summed E-state index contributed by atoms with van der Waals surface area (Å²) in [6.07, 6.45) is 6.41. The predicted molar refractivity (Wildman–Crippen MR) is 154 cm³/mol. The topological polar surface area (TPSA) is 137 Å². The fourth-order valence-corrected chi connectivity index (χ4v) is 6.37. The Hall–Kier alpha value is -2.87. The maximum absolute atomic E-state index is 14.1. The predicted octanol–water partition coefficient (Wildman–Crippen LogP) is 2.53. The van der Waals surface area contributed by atoms with Crippen LogP contribution in [0, 0.1) is 11.7 Å². The van der Waals surface area contributed by atoms with E-state index in [2.05, 4.69) is 24.9 Å². The maximum Gasteiger partial charge on any atom is 0.257 e. The molecule has 2 aliphatic rings. The first kappa shape index (κ1) is 31.1. The van der Waals surface area contributed by atoms with Gasteiger partial charge >= 0.3 is 0 Å². The summed E-state index contributed by atoms with van der Waals surface area (Å²) < 4.78 is 45.8. The lowest BCUT2D eigenvalue weighted by Crippen LogP contribution is -2.54. The zero-order chi connectivity index (χ0) is 29.8. The number of sulfonamides is 1. The van der Waals surface area contributed by atoms with Crippen LogP contribution in [0.2, 0.25) is 0 Å². The van der Waals surface area contributed by atoms with Gasteiger partial charge in [-0.1, -0.05) is 0 Å². The van der Waals surface area contributed by atoms with Crippen molar-refractivity contribution in [2.24, 2.45) is 5.92 Å². The fraction of sp³-hybridized carbons (Fsp3) is 0.607. The van der Waals surface area contributed by atoms with Gasteiger partial charge in [0.2, 0.25) is 10.0 Å². The lowest BCUT2D eigenvalue weighted by Gasteiger charge is -2.41. The molecule has 0 atom stereocenters. The molecule has 11 nitrogen and oxygen atoms in total. The first-order valence-electron chi connectivity index (χ1n) is 14.1. The average Bonchev–Trinajstić information content (AvgIpc) is 2.88. The Balaban J connectivity index is 1.32. The molecule has 3 N–H and O–H groups in total. The van der Waals surface area contributed by atoms with E-state index in [1.807, 2.05) is 20.8 Å². The van der Waals surface area contributed by atoms with E-state index in [0.717, 1.165) is 6.26 Å². The summed E-state index contributed by atoms with van der Waals surface area (Å²) in [5, 5.41) is 14.3. The first-order chi connectivity index (χ1) is 19.4. The monoisotopic (exact) mass is 592 g/mol. The van der Waals surface area contributed by atoms with Gasteiger partial charge in [-0.2, -0.15) is 0 Å². The van der Waals surface area contributed by atoms with Crippen LogP contribution in [-0.2, 0) is 10.0 Å². The van der Waals surface area contributed by atoms with Crippen LogP contribution in [0.15, 0.2) is 30.7 Å². The minimum atomic E-state index is -3.25. The molecule has 1 amide bonds. The molecule has 0 bridgehead atoms. The van der Waals surface area contributed by atoms with E-state index in [0.29, 0.717) is 75.9 Å². The number of aromatic nitrogens is 2. The second kappa shape index (κ2) is 13.0. The molecule has 226 valence electrons. The summed E-state index contributed by atoms with van der Waals surface area (Å²) >= 11 is 0. The van der Waals surface area contributed by atoms with E-state index in [1.54, 1.807) is 4.90 Å². The average molecular weight is 593 g/mol. The van der Waals surface area contributed by atoms with Crippen LogP contribution >= 0.6 is 0 Å². The lowest BCUT2D eigenvalue weighted by atomic mass is 9.82. The molecule has 4 rings (SSSR count). The van der Waals surface area contributed by atoms with Crippen molar-refractivity contribution in [2.45, 2.75) is 64.1 Å². The molecule has 1 saturated heterocycles. The summed E-state index contributed by atoms with van der Waals surface area (Å²) in [4.78, 5) is 25.4. The van der Waals surface area contributed by atoms with Gasteiger partial charge < -0.3 is 25.0 Å². The Morgan fingerprint density at radius 1 is 1.27 bits per heavy atom. The number of hydrogen-bond donors (Lipinski definition) is 3. The number of halogens is 1. The highest BCUT2D eigenvalue weighted by Crippen LogP contribution is 2.35. The zero-order valence-corrected chi connectivity index (χ0v) is 25.0. The van der Waals surface area contributed by atoms with E-state index in [9.17, 15) is 22.7 Å². The number of anilines is 1. The van der Waals surface area contributed by atoms with E-state index >= 15 is 0 Å². The second-order valence-electron chi connectivity index (χ2n) is 11.4. The molecule has 1 aromatic carbocycles. The number of rotatable bonds is 12. The first-order valence-corrected chi connectivity index (χ1v) is 16.0. The molecule has 0 radical (unpaired) electrons. The van der Waals surface area contributed by atoms with Gasteiger partial charge in [0, 0.05) is 50.7 Å². The number of nitrogens with zero attached hydrogens (tertiary/aromatic N) is 4. The highest BCUT2D eigenvalue weighted by molar-refractivity contribution is 7.88. The van der Waals surface area contributed by atoms with Gasteiger partial charge in [-0.3, -0.25) is 4.79 Å². The fourth-order valence-electron chi connectivity index (χ4n) is 5.53.